The average molecular weight is 225 g/mol. The number of nitrogens with zero attached hydrogens (tertiary/aromatic N) is 2. The summed E-state index contributed by atoms with van der Waals surface area (Å²) >= 11 is 0. The molecule has 0 amide bonds. The summed E-state index contributed by atoms with van der Waals surface area (Å²) in [6.07, 6.45) is 3.22. The summed E-state index contributed by atoms with van der Waals surface area (Å²) in [5.74, 6) is 0.359. The molecule has 0 aliphatic carbocycles. The van der Waals surface area contributed by atoms with Gasteiger partial charge in [-0.1, -0.05) is 0 Å². The van der Waals surface area contributed by atoms with Gasteiger partial charge in [0.1, 0.15) is 0 Å². The van der Waals surface area contributed by atoms with Crippen LogP contribution in [-0.2, 0) is 11.8 Å². The number of rotatable bonds is 5. The third-order valence-corrected chi connectivity index (χ3v) is 2.23. The minimum atomic E-state index is -0.308. The van der Waals surface area contributed by atoms with Crippen molar-refractivity contribution in [3.05, 3.63) is 22.7 Å². The Kier molecular flexibility index (Phi) is 4.06. The van der Waals surface area contributed by atoms with Crippen molar-refractivity contribution in [1.82, 2.24) is 9.55 Å². The van der Waals surface area contributed by atoms with Crippen molar-refractivity contribution in [3.63, 3.8) is 0 Å². The maximum absolute atomic E-state index is 11.6. The van der Waals surface area contributed by atoms with Crippen LogP contribution in [0.4, 0.5) is 5.82 Å². The molecule has 0 atom stereocenters. The predicted octanol–water partition coefficient (Wildman–Crippen LogP) is 1.01. The molecular formula is C11H19N3O2. The second kappa shape index (κ2) is 5.12. The first kappa shape index (κ1) is 12.7. The molecule has 0 saturated carbocycles. The van der Waals surface area contributed by atoms with Gasteiger partial charge in [-0.3, -0.25) is 4.79 Å². The van der Waals surface area contributed by atoms with Crippen LogP contribution in [0.1, 0.15) is 20.8 Å². The van der Waals surface area contributed by atoms with Crippen LogP contribution in [0.15, 0.2) is 17.2 Å². The lowest BCUT2D eigenvalue weighted by Crippen LogP contribution is -2.35. The van der Waals surface area contributed by atoms with E-state index >= 15 is 0 Å². The predicted molar refractivity (Wildman–Crippen MR) is 63.7 cm³/mol. The van der Waals surface area contributed by atoms with Crippen LogP contribution in [0, 0.1) is 0 Å². The van der Waals surface area contributed by atoms with Crippen molar-refractivity contribution in [1.29, 1.82) is 0 Å². The summed E-state index contributed by atoms with van der Waals surface area (Å²) in [5, 5.41) is 3.01. The number of hydrogen-bond donors (Lipinski definition) is 1. The van der Waals surface area contributed by atoms with Crippen LogP contribution in [-0.4, -0.2) is 28.3 Å². The van der Waals surface area contributed by atoms with E-state index in [2.05, 4.69) is 10.3 Å². The number of aryl methyl sites for hydroxylation is 1. The fourth-order valence-corrected chi connectivity index (χ4v) is 1.36. The van der Waals surface area contributed by atoms with E-state index in [1.54, 1.807) is 19.4 Å². The Labute approximate surface area is 95.5 Å². The summed E-state index contributed by atoms with van der Waals surface area (Å²) in [6, 6.07) is 0. The van der Waals surface area contributed by atoms with Crippen LogP contribution in [0.2, 0.25) is 0 Å². The van der Waals surface area contributed by atoms with Gasteiger partial charge in [0.15, 0.2) is 5.82 Å². The van der Waals surface area contributed by atoms with Gasteiger partial charge >= 0.3 is 0 Å². The highest BCUT2D eigenvalue weighted by molar-refractivity contribution is 5.31. The van der Waals surface area contributed by atoms with Gasteiger partial charge in [-0.05, 0) is 20.8 Å². The Bertz CT molecular complexity index is 398. The molecule has 1 aromatic rings. The van der Waals surface area contributed by atoms with Crippen molar-refractivity contribution in [3.8, 4) is 0 Å². The maximum atomic E-state index is 11.6. The normalized spacial score (nSPS) is 11.5. The zero-order chi connectivity index (χ0) is 12.2. The number of nitrogens with one attached hydrogen (secondary N) is 1. The Morgan fingerprint density at radius 3 is 2.88 bits per heavy atom. The lowest BCUT2D eigenvalue weighted by molar-refractivity contribution is 0.000619. The Hall–Kier alpha value is -1.36. The van der Waals surface area contributed by atoms with Crippen molar-refractivity contribution in [2.75, 3.05) is 18.5 Å². The van der Waals surface area contributed by atoms with E-state index in [1.165, 1.54) is 4.57 Å². The van der Waals surface area contributed by atoms with E-state index in [1.807, 2.05) is 20.8 Å². The summed E-state index contributed by atoms with van der Waals surface area (Å²) in [6.45, 7) is 7.08. The smallest absolute Gasteiger partial charge is 0.293 e. The van der Waals surface area contributed by atoms with E-state index in [4.69, 9.17) is 4.74 Å². The van der Waals surface area contributed by atoms with Gasteiger partial charge in [-0.15, -0.1) is 0 Å². The van der Waals surface area contributed by atoms with Crippen molar-refractivity contribution >= 4 is 5.82 Å². The van der Waals surface area contributed by atoms with Gasteiger partial charge in [-0.25, -0.2) is 4.98 Å². The molecule has 1 rings (SSSR count). The number of ether oxygens (including phenoxy) is 1. The third-order valence-electron chi connectivity index (χ3n) is 2.23. The van der Waals surface area contributed by atoms with Crippen LogP contribution < -0.4 is 10.9 Å². The van der Waals surface area contributed by atoms with Crippen LogP contribution >= 0.6 is 0 Å². The van der Waals surface area contributed by atoms with Gasteiger partial charge in [-0.2, -0.15) is 0 Å². The van der Waals surface area contributed by atoms with E-state index in [9.17, 15) is 4.79 Å². The first-order chi connectivity index (χ1) is 7.46. The second-order valence-corrected chi connectivity index (χ2v) is 4.24. The molecule has 16 heavy (non-hydrogen) atoms. The van der Waals surface area contributed by atoms with E-state index in [-0.39, 0.29) is 11.2 Å². The average Bonchev–Trinajstić information content (AvgIpc) is 2.20. The molecule has 0 radical (unpaired) electrons. The number of hydrogen-bond acceptors (Lipinski definition) is 4. The van der Waals surface area contributed by atoms with Crippen molar-refractivity contribution in [2.45, 2.75) is 26.4 Å². The Morgan fingerprint density at radius 2 is 2.25 bits per heavy atom. The molecular weight excluding hydrogens is 206 g/mol. The summed E-state index contributed by atoms with van der Waals surface area (Å²) in [5.41, 5.74) is -0.438. The lowest BCUT2D eigenvalue weighted by atomic mass is 10.1. The van der Waals surface area contributed by atoms with E-state index in [0.29, 0.717) is 19.0 Å². The minimum Gasteiger partial charge on any atom is -0.374 e. The summed E-state index contributed by atoms with van der Waals surface area (Å²) < 4.78 is 7.01. The lowest BCUT2D eigenvalue weighted by Gasteiger charge is -2.24. The van der Waals surface area contributed by atoms with Gasteiger partial charge in [0, 0.05) is 32.6 Å². The monoisotopic (exact) mass is 225 g/mol. The number of anilines is 1. The topological polar surface area (TPSA) is 56.1 Å². The fourth-order valence-electron chi connectivity index (χ4n) is 1.36. The molecule has 1 N–H and O–H groups in total. The highest BCUT2D eigenvalue weighted by Gasteiger charge is 2.18. The molecule has 0 fully saturated rings. The largest absolute Gasteiger partial charge is 0.374 e. The molecule has 5 heteroatoms. The molecule has 90 valence electrons. The molecule has 1 aromatic heterocycles. The molecule has 0 unspecified atom stereocenters. The molecule has 0 aliphatic rings. The molecule has 1 heterocycles. The van der Waals surface area contributed by atoms with Crippen LogP contribution in [0.5, 0.6) is 0 Å². The van der Waals surface area contributed by atoms with Crippen molar-refractivity contribution in [2.24, 2.45) is 7.05 Å². The number of aromatic nitrogens is 2. The SMILES string of the molecule is CCOC(C)(C)CNc1nccn(C)c1=O. The first-order valence-corrected chi connectivity index (χ1v) is 5.36. The third kappa shape index (κ3) is 3.34. The highest BCUT2D eigenvalue weighted by Crippen LogP contribution is 2.08. The Balaban J connectivity index is 2.68. The standard InChI is InChI=1S/C11H19N3O2/c1-5-16-11(2,3)8-13-9-10(15)14(4)7-6-12-9/h6-7H,5,8H2,1-4H3,(H,12,13). The first-order valence-electron chi connectivity index (χ1n) is 5.36. The van der Waals surface area contributed by atoms with Crippen LogP contribution in [0.3, 0.4) is 0 Å². The fraction of sp³-hybridized carbons (Fsp3) is 0.636. The minimum absolute atomic E-state index is 0.130. The van der Waals surface area contributed by atoms with E-state index in [0.717, 1.165) is 0 Å². The summed E-state index contributed by atoms with van der Waals surface area (Å²) in [4.78, 5) is 15.6. The Morgan fingerprint density at radius 1 is 1.56 bits per heavy atom. The molecule has 5 nitrogen and oxygen atoms in total. The van der Waals surface area contributed by atoms with Gasteiger partial charge in [0.05, 0.1) is 5.60 Å². The summed E-state index contributed by atoms with van der Waals surface area (Å²) in [7, 11) is 1.70. The molecule has 0 saturated heterocycles. The molecule has 0 spiro atoms. The van der Waals surface area contributed by atoms with Crippen molar-refractivity contribution < 1.29 is 4.74 Å². The van der Waals surface area contributed by atoms with Gasteiger partial charge < -0.3 is 14.6 Å². The van der Waals surface area contributed by atoms with Crippen LogP contribution in [0.25, 0.3) is 0 Å². The zero-order valence-corrected chi connectivity index (χ0v) is 10.3. The molecule has 0 aliphatic heterocycles. The maximum Gasteiger partial charge on any atom is 0.293 e. The molecule has 0 aromatic carbocycles. The molecule has 0 bridgehead atoms. The quantitative estimate of drug-likeness (QED) is 0.812. The van der Waals surface area contributed by atoms with Gasteiger partial charge in [0.25, 0.3) is 5.56 Å². The highest BCUT2D eigenvalue weighted by atomic mass is 16.5. The second-order valence-electron chi connectivity index (χ2n) is 4.24. The van der Waals surface area contributed by atoms with E-state index < -0.39 is 0 Å². The zero-order valence-electron chi connectivity index (χ0n) is 10.3. The van der Waals surface area contributed by atoms with Gasteiger partial charge in [0.2, 0.25) is 0 Å².